The van der Waals surface area contributed by atoms with E-state index in [2.05, 4.69) is 5.32 Å². The molecular formula is C20H24N2O6. The van der Waals surface area contributed by atoms with Crippen LogP contribution in [0.4, 0.5) is 10.5 Å². The van der Waals surface area contributed by atoms with Crippen LogP contribution in [0.3, 0.4) is 0 Å². The van der Waals surface area contributed by atoms with Crippen molar-refractivity contribution in [3.8, 4) is 17.2 Å². The van der Waals surface area contributed by atoms with Crippen molar-refractivity contribution in [1.29, 1.82) is 0 Å². The highest BCUT2D eigenvalue weighted by atomic mass is 16.6. The standard InChI is InChI=1S/C20H24N2O6/c1-12(2)26-17-10-9-16(11-18(17)27-13(3)4)28-20(24)21-15-7-5-14(6-8-15)19(23)22-25/h5-13,25H,1-4H3,(H,21,24)(H,22,23). The van der Waals surface area contributed by atoms with Crippen molar-refractivity contribution in [2.45, 2.75) is 39.9 Å². The molecule has 0 saturated heterocycles. The quantitative estimate of drug-likeness (QED) is 0.489. The number of anilines is 1. The SMILES string of the molecule is CC(C)Oc1ccc(OC(=O)Nc2ccc(C(=O)NO)cc2)cc1OC(C)C. The zero-order chi connectivity index (χ0) is 20.7. The zero-order valence-corrected chi connectivity index (χ0v) is 16.2. The van der Waals surface area contributed by atoms with E-state index in [1.807, 2.05) is 27.7 Å². The highest BCUT2D eigenvalue weighted by molar-refractivity contribution is 5.94. The van der Waals surface area contributed by atoms with Crippen LogP contribution in [0.2, 0.25) is 0 Å². The summed E-state index contributed by atoms with van der Waals surface area (Å²) < 4.78 is 16.7. The Kier molecular flexibility index (Phi) is 7.22. The van der Waals surface area contributed by atoms with Crippen LogP contribution in [0.25, 0.3) is 0 Å². The molecule has 0 saturated carbocycles. The minimum absolute atomic E-state index is 0.0273. The first-order valence-corrected chi connectivity index (χ1v) is 8.79. The van der Waals surface area contributed by atoms with Gasteiger partial charge in [-0.25, -0.2) is 10.3 Å². The molecule has 0 aliphatic rings. The van der Waals surface area contributed by atoms with Gasteiger partial charge in [-0.15, -0.1) is 0 Å². The Morgan fingerprint density at radius 3 is 2.07 bits per heavy atom. The molecule has 8 heteroatoms. The van der Waals surface area contributed by atoms with Crippen LogP contribution in [0.5, 0.6) is 17.2 Å². The van der Waals surface area contributed by atoms with Crippen molar-refractivity contribution in [2.24, 2.45) is 0 Å². The second-order valence-corrected chi connectivity index (χ2v) is 6.47. The first-order chi connectivity index (χ1) is 13.3. The molecule has 0 heterocycles. The molecule has 2 rings (SSSR count). The molecule has 0 atom stereocenters. The third kappa shape index (κ3) is 6.17. The van der Waals surface area contributed by atoms with E-state index >= 15 is 0 Å². The maximum absolute atomic E-state index is 12.1. The predicted octanol–water partition coefficient (Wildman–Crippen LogP) is 3.99. The van der Waals surface area contributed by atoms with Gasteiger partial charge in [-0.05, 0) is 64.1 Å². The lowest BCUT2D eigenvalue weighted by Crippen LogP contribution is -2.19. The molecule has 0 radical (unpaired) electrons. The number of benzene rings is 2. The molecule has 28 heavy (non-hydrogen) atoms. The maximum atomic E-state index is 12.1. The third-order valence-electron chi connectivity index (χ3n) is 3.35. The van der Waals surface area contributed by atoms with Gasteiger partial charge in [0.2, 0.25) is 0 Å². The van der Waals surface area contributed by atoms with Crippen LogP contribution in [0, 0.1) is 0 Å². The van der Waals surface area contributed by atoms with E-state index in [4.69, 9.17) is 19.4 Å². The fraction of sp³-hybridized carbons (Fsp3) is 0.300. The van der Waals surface area contributed by atoms with Gasteiger partial charge in [0.1, 0.15) is 5.75 Å². The average Bonchev–Trinajstić information content (AvgIpc) is 2.63. The van der Waals surface area contributed by atoms with Crippen LogP contribution in [-0.2, 0) is 0 Å². The lowest BCUT2D eigenvalue weighted by Gasteiger charge is -2.18. The molecule has 3 N–H and O–H groups in total. The fourth-order valence-corrected chi connectivity index (χ4v) is 2.27. The van der Waals surface area contributed by atoms with Crippen molar-refractivity contribution in [3.63, 3.8) is 0 Å². The highest BCUT2D eigenvalue weighted by Gasteiger charge is 2.13. The summed E-state index contributed by atoms with van der Waals surface area (Å²) in [4.78, 5) is 23.4. The van der Waals surface area contributed by atoms with Gasteiger partial charge in [0.15, 0.2) is 11.5 Å². The molecule has 2 aromatic carbocycles. The molecule has 2 amide bonds. The molecule has 150 valence electrons. The van der Waals surface area contributed by atoms with E-state index in [0.717, 1.165) is 0 Å². The molecule has 8 nitrogen and oxygen atoms in total. The summed E-state index contributed by atoms with van der Waals surface area (Å²) in [5, 5.41) is 11.2. The van der Waals surface area contributed by atoms with Crippen molar-refractivity contribution in [3.05, 3.63) is 48.0 Å². The van der Waals surface area contributed by atoms with Crippen molar-refractivity contribution in [1.82, 2.24) is 5.48 Å². The number of carbonyl (C=O) groups is 2. The number of carbonyl (C=O) groups excluding carboxylic acids is 2. The lowest BCUT2D eigenvalue weighted by molar-refractivity contribution is 0.0706. The largest absolute Gasteiger partial charge is 0.487 e. The summed E-state index contributed by atoms with van der Waals surface area (Å²) in [6.45, 7) is 7.60. The number of nitrogens with one attached hydrogen (secondary N) is 2. The predicted molar refractivity (Wildman–Crippen MR) is 103 cm³/mol. The first-order valence-electron chi connectivity index (χ1n) is 8.79. The van der Waals surface area contributed by atoms with Crippen LogP contribution in [0.1, 0.15) is 38.1 Å². The smallest absolute Gasteiger partial charge is 0.417 e. The van der Waals surface area contributed by atoms with Gasteiger partial charge in [-0.1, -0.05) is 0 Å². The van der Waals surface area contributed by atoms with Gasteiger partial charge in [-0.3, -0.25) is 15.3 Å². The number of hydroxylamine groups is 1. The zero-order valence-electron chi connectivity index (χ0n) is 16.2. The Balaban J connectivity index is 2.07. The van der Waals surface area contributed by atoms with Gasteiger partial charge in [-0.2, -0.15) is 0 Å². The normalized spacial score (nSPS) is 10.5. The van der Waals surface area contributed by atoms with E-state index in [1.54, 1.807) is 18.2 Å². The number of rotatable bonds is 7. The van der Waals surface area contributed by atoms with Crippen molar-refractivity contribution < 1.29 is 29.0 Å². The van der Waals surface area contributed by atoms with Crippen LogP contribution in [-0.4, -0.2) is 29.4 Å². The minimum Gasteiger partial charge on any atom is -0.487 e. The van der Waals surface area contributed by atoms with Crippen LogP contribution >= 0.6 is 0 Å². The molecule has 0 spiro atoms. The minimum atomic E-state index is -0.701. The van der Waals surface area contributed by atoms with E-state index in [9.17, 15) is 9.59 Å². The lowest BCUT2D eigenvalue weighted by atomic mass is 10.2. The second-order valence-electron chi connectivity index (χ2n) is 6.47. The Morgan fingerprint density at radius 1 is 0.893 bits per heavy atom. The Morgan fingerprint density at radius 2 is 1.50 bits per heavy atom. The van der Waals surface area contributed by atoms with E-state index in [1.165, 1.54) is 29.7 Å². The number of hydrogen-bond donors (Lipinski definition) is 3. The molecule has 2 aromatic rings. The molecule has 0 aromatic heterocycles. The molecule has 0 unspecified atom stereocenters. The Bertz CT molecular complexity index is 818. The van der Waals surface area contributed by atoms with Gasteiger partial charge in [0.05, 0.1) is 12.2 Å². The second kappa shape index (κ2) is 9.61. The average molecular weight is 388 g/mol. The monoisotopic (exact) mass is 388 g/mol. The van der Waals surface area contributed by atoms with E-state index in [0.29, 0.717) is 22.9 Å². The van der Waals surface area contributed by atoms with Crippen LogP contribution in [0.15, 0.2) is 42.5 Å². The summed E-state index contributed by atoms with van der Waals surface area (Å²) in [7, 11) is 0. The van der Waals surface area contributed by atoms with E-state index in [-0.39, 0.29) is 17.8 Å². The van der Waals surface area contributed by atoms with Gasteiger partial charge < -0.3 is 14.2 Å². The Labute approximate surface area is 163 Å². The summed E-state index contributed by atoms with van der Waals surface area (Å²) in [6.07, 6.45) is -0.805. The molecule has 0 aliphatic heterocycles. The molecule has 0 bridgehead atoms. The fourth-order valence-electron chi connectivity index (χ4n) is 2.27. The highest BCUT2D eigenvalue weighted by Crippen LogP contribution is 2.33. The van der Waals surface area contributed by atoms with Crippen molar-refractivity contribution >= 4 is 17.7 Å². The number of ether oxygens (including phenoxy) is 3. The third-order valence-corrected chi connectivity index (χ3v) is 3.35. The summed E-state index contributed by atoms with van der Waals surface area (Å²) in [5.41, 5.74) is 2.21. The molecule has 0 fully saturated rings. The summed E-state index contributed by atoms with van der Waals surface area (Å²) in [6, 6.07) is 10.8. The topological polar surface area (TPSA) is 106 Å². The maximum Gasteiger partial charge on any atom is 0.417 e. The number of hydrogen-bond acceptors (Lipinski definition) is 6. The van der Waals surface area contributed by atoms with Gasteiger partial charge >= 0.3 is 6.09 Å². The van der Waals surface area contributed by atoms with Gasteiger partial charge in [0.25, 0.3) is 5.91 Å². The number of amides is 2. The van der Waals surface area contributed by atoms with E-state index < -0.39 is 12.0 Å². The molecular weight excluding hydrogens is 364 g/mol. The summed E-state index contributed by atoms with van der Waals surface area (Å²) in [5.74, 6) is 0.693. The summed E-state index contributed by atoms with van der Waals surface area (Å²) >= 11 is 0. The van der Waals surface area contributed by atoms with Crippen LogP contribution < -0.4 is 25.0 Å². The van der Waals surface area contributed by atoms with Crippen molar-refractivity contribution in [2.75, 3.05) is 5.32 Å². The van der Waals surface area contributed by atoms with Gasteiger partial charge in [0, 0.05) is 17.3 Å². The Hall–Kier alpha value is -3.26. The first kappa shape index (κ1) is 21.0. The molecule has 0 aliphatic carbocycles.